The van der Waals surface area contributed by atoms with E-state index in [1.54, 1.807) is 13.8 Å². The van der Waals surface area contributed by atoms with Crippen LogP contribution in [0.2, 0.25) is 0 Å². The highest BCUT2D eigenvalue weighted by atomic mass is 16.3. The van der Waals surface area contributed by atoms with E-state index in [1.165, 1.54) is 0 Å². The van der Waals surface area contributed by atoms with Gasteiger partial charge in [0.05, 0.1) is 12.4 Å². The highest BCUT2D eigenvalue weighted by molar-refractivity contribution is 5.00. The van der Waals surface area contributed by atoms with Crippen LogP contribution in [0.5, 0.6) is 0 Å². The van der Waals surface area contributed by atoms with Crippen molar-refractivity contribution in [3.8, 4) is 0 Å². The van der Waals surface area contributed by atoms with E-state index in [1.807, 2.05) is 0 Å². The Morgan fingerprint density at radius 3 is 1.86 bits per heavy atom. The van der Waals surface area contributed by atoms with Gasteiger partial charge in [0, 0.05) is 0 Å². The minimum atomic E-state index is -0.0532. The Morgan fingerprint density at radius 2 is 1.86 bits per heavy atom. The number of allylic oxidation sites excluding steroid dienone is 1. The molecule has 0 saturated heterocycles. The molecule has 0 saturated carbocycles. The predicted octanol–water partition coefficient (Wildman–Crippen LogP) is 0.831. The Hall–Kier alpha value is -0.500. The molecule has 0 radical (unpaired) electrons. The maximum Gasteiger partial charge on any atom is 0.0903 e. The molecule has 0 spiro atoms. The van der Waals surface area contributed by atoms with Gasteiger partial charge in [-0.15, -0.1) is 0 Å². The van der Waals surface area contributed by atoms with E-state index in [0.717, 1.165) is 0 Å². The maximum atomic E-state index is 8.54. The van der Waals surface area contributed by atoms with E-state index in [9.17, 15) is 0 Å². The van der Waals surface area contributed by atoms with Crippen LogP contribution >= 0.6 is 0 Å². The number of rotatable bonds is 1. The zero-order chi connectivity index (χ0) is 5.86. The normalized spacial score (nSPS) is 13.6. The van der Waals surface area contributed by atoms with Gasteiger partial charge < -0.3 is 10.2 Å². The molecule has 2 heteroatoms. The third kappa shape index (κ3) is 2.23. The lowest BCUT2D eigenvalue weighted by Crippen LogP contribution is -1.87. The quantitative estimate of drug-likeness (QED) is 0.481. The summed E-state index contributed by atoms with van der Waals surface area (Å²) in [6.45, 7) is 3.17. The molecule has 2 nitrogen and oxygen atoms in total. The van der Waals surface area contributed by atoms with Crippen molar-refractivity contribution < 1.29 is 10.2 Å². The first kappa shape index (κ1) is 6.50. The fourth-order valence-electron chi connectivity index (χ4n) is 0.114. The Bertz CT molecular complexity index is 80.1. The lowest BCUT2D eigenvalue weighted by atomic mass is 10.3. The van der Waals surface area contributed by atoms with Gasteiger partial charge >= 0.3 is 0 Å². The van der Waals surface area contributed by atoms with E-state index in [0.29, 0.717) is 5.57 Å². The van der Waals surface area contributed by atoms with Crippen molar-refractivity contribution in [3.63, 3.8) is 0 Å². The molecule has 0 amide bonds. The second-order valence-electron chi connectivity index (χ2n) is 1.52. The summed E-state index contributed by atoms with van der Waals surface area (Å²) < 4.78 is 0. The Morgan fingerprint density at radius 1 is 1.43 bits per heavy atom. The number of aliphatic hydroxyl groups is 2. The molecule has 0 aliphatic heterocycles. The fraction of sp³-hybridized carbons (Fsp3) is 0.600. The summed E-state index contributed by atoms with van der Waals surface area (Å²) in [7, 11) is 0. The largest absolute Gasteiger partial charge is 0.513 e. The zero-order valence-corrected chi connectivity index (χ0v) is 4.60. The van der Waals surface area contributed by atoms with E-state index >= 15 is 0 Å². The number of aliphatic hydroxyl groups excluding tert-OH is 2. The molecule has 0 fully saturated rings. The summed E-state index contributed by atoms with van der Waals surface area (Å²) in [6.07, 6.45) is 0. The van der Waals surface area contributed by atoms with Gasteiger partial charge in [0.15, 0.2) is 0 Å². The van der Waals surface area contributed by atoms with Crippen molar-refractivity contribution in [1.29, 1.82) is 0 Å². The summed E-state index contributed by atoms with van der Waals surface area (Å²) in [5, 5.41) is 16.8. The predicted molar refractivity (Wildman–Crippen MR) is 28.1 cm³/mol. The van der Waals surface area contributed by atoms with Crippen molar-refractivity contribution in [2.45, 2.75) is 13.8 Å². The summed E-state index contributed by atoms with van der Waals surface area (Å²) in [4.78, 5) is 0. The first-order chi connectivity index (χ1) is 3.18. The lowest BCUT2D eigenvalue weighted by Gasteiger charge is -1.92. The van der Waals surface area contributed by atoms with Gasteiger partial charge in [-0.05, 0) is 19.4 Å². The second kappa shape index (κ2) is 2.64. The molecule has 0 heterocycles. The van der Waals surface area contributed by atoms with Crippen molar-refractivity contribution in [2.24, 2.45) is 0 Å². The van der Waals surface area contributed by atoms with Gasteiger partial charge in [0.25, 0.3) is 0 Å². The van der Waals surface area contributed by atoms with Gasteiger partial charge in [-0.3, -0.25) is 0 Å². The standard InChI is InChI=1S/C5H10O2/c1-4(3-6)5(2)7/h6-7H,3H2,1-2H3/b5-4+. The molecule has 0 atom stereocenters. The van der Waals surface area contributed by atoms with Crippen LogP contribution < -0.4 is 0 Å². The Balaban J connectivity index is 3.72. The molecule has 0 bridgehead atoms. The van der Waals surface area contributed by atoms with Crippen LogP contribution in [0, 0.1) is 0 Å². The molecule has 0 aromatic carbocycles. The average Bonchev–Trinajstić information content (AvgIpc) is 1.65. The van der Waals surface area contributed by atoms with E-state index in [-0.39, 0.29) is 12.4 Å². The Labute approximate surface area is 43.1 Å². The van der Waals surface area contributed by atoms with E-state index < -0.39 is 0 Å². The fourth-order valence-corrected chi connectivity index (χ4v) is 0.114. The minimum Gasteiger partial charge on any atom is -0.513 e. The summed E-state index contributed by atoms with van der Waals surface area (Å²) in [6, 6.07) is 0. The highest BCUT2D eigenvalue weighted by Gasteiger charge is 1.87. The van der Waals surface area contributed by atoms with Crippen LogP contribution in [0.1, 0.15) is 13.8 Å². The van der Waals surface area contributed by atoms with Crippen LogP contribution in [0.3, 0.4) is 0 Å². The van der Waals surface area contributed by atoms with Crippen molar-refractivity contribution in [3.05, 3.63) is 11.3 Å². The molecule has 0 aromatic rings. The summed E-state index contributed by atoms with van der Waals surface area (Å²) in [5.74, 6) is 0.211. The summed E-state index contributed by atoms with van der Waals surface area (Å²) in [5.41, 5.74) is 0.625. The molecule has 2 N–H and O–H groups in total. The van der Waals surface area contributed by atoms with Crippen LogP contribution in [0.4, 0.5) is 0 Å². The molecule has 0 aromatic heterocycles. The van der Waals surface area contributed by atoms with Gasteiger partial charge in [-0.25, -0.2) is 0 Å². The third-order valence-corrected chi connectivity index (χ3v) is 0.855. The third-order valence-electron chi connectivity index (χ3n) is 0.855. The first-order valence-corrected chi connectivity index (χ1v) is 2.14. The van der Waals surface area contributed by atoms with Crippen LogP contribution in [-0.4, -0.2) is 16.8 Å². The molecular formula is C5H10O2. The topological polar surface area (TPSA) is 40.5 Å². The molecule has 42 valence electrons. The first-order valence-electron chi connectivity index (χ1n) is 2.14. The average molecular weight is 102 g/mol. The maximum absolute atomic E-state index is 8.54. The zero-order valence-electron chi connectivity index (χ0n) is 4.60. The van der Waals surface area contributed by atoms with Gasteiger partial charge in [0.1, 0.15) is 0 Å². The second-order valence-corrected chi connectivity index (χ2v) is 1.52. The van der Waals surface area contributed by atoms with E-state index in [4.69, 9.17) is 10.2 Å². The van der Waals surface area contributed by atoms with Crippen molar-refractivity contribution in [1.82, 2.24) is 0 Å². The summed E-state index contributed by atoms with van der Waals surface area (Å²) >= 11 is 0. The molecule has 7 heavy (non-hydrogen) atoms. The van der Waals surface area contributed by atoms with Crippen LogP contribution in [0.25, 0.3) is 0 Å². The molecule has 0 unspecified atom stereocenters. The van der Waals surface area contributed by atoms with E-state index in [2.05, 4.69) is 0 Å². The SMILES string of the molecule is C/C(O)=C(/C)CO. The molecule has 0 aliphatic carbocycles. The monoisotopic (exact) mass is 102 g/mol. The van der Waals surface area contributed by atoms with Crippen molar-refractivity contribution in [2.75, 3.05) is 6.61 Å². The number of hydrogen-bond acceptors (Lipinski definition) is 2. The van der Waals surface area contributed by atoms with Gasteiger partial charge in [-0.1, -0.05) is 0 Å². The smallest absolute Gasteiger partial charge is 0.0903 e. The molecular weight excluding hydrogens is 92.1 g/mol. The van der Waals surface area contributed by atoms with Crippen LogP contribution in [-0.2, 0) is 0 Å². The highest BCUT2D eigenvalue weighted by Crippen LogP contribution is 1.94. The van der Waals surface area contributed by atoms with Gasteiger partial charge in [-0.2, -0.15) is 0 Å². The lowest BCUT2D eigenvalue weighted by molar-refractivity contribution is 0.315. The minimum absolute atomic E-state index is 0.0532. The Kier molecular flexibility index (Phi) is 2.45. The van der Waals surface area contributed by atoms with Crippen molar-refractivity contribution >= 4 is 0 Å². The molecule has 0 rings (SSSR count). The van der Waals surface area contributed by atoms with Crippen LogP contribution in [0.15, 0.2) is 11.3 Å². The van der Waals surface area contributed by atoms with Gasteiger partial charge in [0.2, 0.25) is 0 Å². The molecule has 0 aliphatic rings. The number of hydrogen-bond donors (Lipinski definition) is 2.